The first-order valence-corrected chi connectivity index (χ1v) is 5.39. The summed E-state index contributed by atoms with van der Waals surface area (Å²) in [6, 6.07) is 0.699. The van der Waals surface area contributed by atoms with Gasteiger partial charge in [0.05, 0.1) is 6.33 Å². The monoisotopic (exact) mass is 178 g/mol. The molecule has 72 valence electrons. The molecular formula is C11H18N2. The molecule has 1 saturated carbocycles. The number of rotatable bonds is 3. The highest BCUT2D eigenvalue weighted by molar-refractivity contribution is 4.85. The average Bonchev–Trinajstić information content (AvgIpc) is 2.76. The first-order chi connectivity index (χ1) is 6.42. The minimum Gasteiger partial charge on any atom is -0.334 e. The topological polar surface area (TPSA) is 17.8 Å². The van der Waals surface area contributed by atoms with Crippen LogP contribution in [0.2, 0.25) is 0 Å². The van der Waals surface area contributed by atoms with Gasteiger partial charge in [0, 0.05) is 18.4 Å². The van der Waals surface area contributed by atoms with Gasteiger partial charge >= 0.3 is 0 Å². The van der Waals surface area contributed by atoms with E-state index >= 15 is 0 Å². The van der Waals surface area contributed by atoms with Crippen LogP contribution in [0.5, 0.6) is 0 Å². The number of hydrogen-bond acceptors (Lipinski definition) is 1. The highest BCUT2D eigenvalue weighted by Gasteiger charge is 2.24. The lowest BCUT2D eigenvalue weighted by Crippen LogP contribution is -2.15. The molecule has 1 fully saturated rings. The summed E-state index contributed by atoms with van der Waals surface area (Å²) in [6.07, 6.45) is 12.9. The molecule has 0 N–H and O–H groups in total. The van der Waals surface area contributed by atoms with E-state index in [0.29, 0.717) is 6.04 Å². The molecule has 1 atom stereocenters. The van der Waals surface area contributed by atoms with E-state index in [9.17, 15) is 0 Å². The highest BCUT2D eigenvalue weighted by Crippen LogP contribution is 2.35. The van der Waals surface area contributed by atoms with Crippen molar-refractivity contribution < 1.29 is 0 Å². The van der Waals surface area contributed by atoms with Crippen LogP contribution in [-0.4, -0.2) is 9.55 Å². The molecule has 1 unspecified atom stereocenters. The van der Waals surface area contributed by atoms with Gasteiger partial charge in [-0.3, -0.25) is 0 Å². The molecule has 0 bridgehead atoms. The van der Waals surface area contributed by atoms with E-state index in [4.69, 9.17) is 0 Å². The molecule has 1 aliphatic rings. The molecule has 2 rings (SSSR count). The van der Waals surface area contributed by atoms with Crippen LogP contribution in [0, 0.1) is 5.92 Å². The van der Waals surface area contributed by atoms with Gasteiger partial charge < -0.3 is 4.57 Å². The zero-order chi connectivity index (χ0) is 9.10. The summed E-state index contributed by atoms with van der Waals surface area (Å²) < 4.78 is 2.29. The first kappa shape index (κ1) is 8.79. The van der Waals surface area contributed by atoms with Crippen LogP contribution < -0.4 is 0 Å². The third-order valence-corrected chi connectivity index (χ3v) is 3.27. The van der Waals surface area contributed by atoms with Crippen molar-refractivity contribution >= 4 is 0 Å². The Kier molecular flexibility index (Phi) is 2.67. The average molecular weight is 178 g/mol. The van der Waals surface area contributed by atoms with E-state index in [1.165, 1.54) is 32.1 Å². The summed E-state index contributed by atoms with van der Waals surface area (Å²) in [5.74, 6) is 0.902. The Hall–Kier alpha value is -0.790. The van der Waals surface area contributed by atoms with E-state index in [1.54, 1.807) is 0 Å². The molecule has 0 aromatic carbocycles. The van der Waals surface area contributed by atoms with E-state index in [1.807, 2.05) is 12.5 Å². The van der Waals surface area contributed by atoms with Gasteiger partial charge in [-0.15, -0.1) is 0 Å². The molecule has 0 amide bonds. The van der Waals surface area contributed by atoms with Crippen molar-refractivity contribution in [2.45, 2.75) is 45.1 Å². The van der Waals surface area contributed by atoms with Crippen molar-refractivity contribution in [3.63, 3.8) is 0 Å². The Balaban J connectivity index is 2.08. The molecule has 2 heteroatoms. The Morgan fingerprint density at radius 1 is 1.46 bits per heavy atom. The second-order valence-corrected chi connectivity index (χ2v) is 4.03. The molecule has 1 heterocycles. The van der Waals surface area contributed by atoms with Crippen molar-refractivity contribution in [1.82, 2.24) is 9.55 Å². The number of aromatic nitrogens is 2. The lowest BCUT2D eigenvalue weighted by molar-refractivity contribution is 0.325. The molecular weight excluding hydrogens is 160 g/mol. The second kappa shape index (κ2) is 3.95. The molecule has 0 aliphatic heterocycles. The smallest absolute Gasteiger partial charge is 0.0948 e. The SMILES string of the molecule is CCC(C1CCCC1)n1ccnc1. The summed E-state index contributed by atoms with van der Waals surface area (Å²) >= 11 is 0. The lowest BCUT2D eigenvalue weighted by atomic mass is 9.96. The Morgan fingerprint density at radius 2 is 2.23 bits per heavy atom. The summed E-state index contributed by atoms with van der Waals surface area (Å²) in [5, 5.41) is 0. The fourth-order valence-corrected chi connectivity index (χ4v) is 2.60. The van der Waals surface area contributed by atoms with Gasteiger partial charge in [0.2, 0.25) is 0 Å². The standard InChI is InChI=1S/C11H18N2/c1-2-11(10-5-3-4-6-10)13-8-7-12-9-13/h7-11H,2-6H2,1H3. The third-order valence-electron chi connectivity index (χ3n) is 3.27. The van der Waals surface area contributed by atoms with Gasteiger partial charge in [-0.1, -0.05) is 19.8 Å². The van der Waals surface area contributed by atoms with Crippen LogP contribution in [0.1, 0.15) is 45.1 Å². The molecule has 0 spiro atoms. The molecule has 1 aromatic rings. The van der Waals surface area contributed by atoms with Crippen LogP contribution in [0.3, 0.4) is 0 Å². The minimum absolute atomic E-state index is 0.699. The van der Waals surface area contributed by atoms with E-state index < -0.39 is 0 Å². The van der Waals surface area contributed by atoms with Crippen LogP contribution in [0.25, 0.3) is 0 Å². The predicted molar refractivity (Wildman–Crippen MR) is 53.5 cm³/mol. The quantitative estimate of drug-likeness (QED) is 0.695. The summed E-state index contributed by atoms with van der Waals surface area (Å²) in [6.45, 7) is 2.28. The second-order valence-electron chi connectivity index (χ2n) is 4.03. The van der Waals surface area contributed by atoms with Gasteiger partial charge in [0.15, 0.2) is 0 Å². The third kappa shape index (κ3) is 1.77. The fraction of sp³-hybridized carbons (Fsp3) is 0.727. The van der Waals surface area contributed by atoms with E-state index in [0.717, 1.165) is 5.92 Å². The minimum atomic E-state index is 0.699. The highest BCUT2D eigenvalue weighted by atomic mass is 15.1. The van der Waals surface area contributed by atoms with Crippen LogP contribution in [-0.2, 0) is 0 Å². The van der Waals surface area contributed by atoms with Crippen molar-refractivity contribution in [3.05, 3.63) is 18.7 Å². The van der Waals surface area contributed by atoms with Gasteiger partial charge in [-0.25, -0.2) is 4.98 Å². The Morgan fingerprint density at radius 3 is 2.77 bits per heavy atom. The molecule has 2 nitrogen and oxygen atoms in total. The van der Waals surface area contributed by atoms with E-state index in [2.05, 4.69) is 22.7 Å². The van der Waals surface area contributed by atoms with Crippen molar-refractivity contribution in [1.29, 1.82) is 0 Å². The van der Waals surface area contributed by atoms with E-state index in [-0.39, 0.29) is 0 Å². The molecule has 1 aliphatic carbocycles. The number of hydrogen-bond donors (Lipinski definition) is 0. The zero-order valence-electron chi connectivity index (χ0n) is 8.32. The summed E-state index contributed by atoms with van der Waals surface area (Å²) in [5.41, 5.74) is 0. The van der Waals surface area contributed by atoms with Crippen LogP contribution in [0.4, 0.5) is 0 Å². The number of imidazole rings is 1. The summed E-state index contributed by atoms with van der Waals surface area (Å²) in [4.78, 5) is 4.13. The van der Waals surface area contributed by atoms with Crippen LogP contribution >= 0.6 is 0 Å². The van der Waals surface area contributed by atoms with Crippen molar-refractivity contribution in [2.75, 3.05) is 0 Å². The van der Waals surface area contributed by atoms with Crippen LogP contribution in [0.15, 0.2) is 18.7 Å². The number of nitrogens with zero attached hydrogens (tertiary/aromatic N) is 2. The molecule has 13 heavy (non-hydrogen) atoms. The first-order valence-electron chi connectivity index (χ1n) is 5.39. The van der Waals surface area contributed by atoms with Gasteiger partial charge in [0.25, 0.3) is 0 Å². The molecule has 0 saturated heterocycles. The predicted octanol–water partition coefficient (Wildman–Crippen LogP) is 3.02. The van der Waals surface area contributed by atoms with Gasteiger partial charge in [0.1, 0.15) is 0 Å². The largest absolute Gasteiger partial charge is 0.334 e. The maximum absolute atomic E-state index is 4.13. The molecule has 1 aromatic heterocycles. The normalized spacial score (nSPS) is 20.7. The molecule has 0 radical (unpaired) electrons. The van der Waals surface area contributed by atoms with Gasteiger partial charge in [-0.05, 0) is 25.2 Å². The maximum Gasteiger partial charge on any atom is 0.0948 e. The van der Waals surface area contributed by atoms with Crippen molar-refractivity contribution in [3.8, 4) is 0 Å². The lowest BCUT2D eigenvalue weighted by Gasteiger charge is -2.23. The Labute approximate surface area is 80.0 Å². The Bertz CT molecular complexity index is 235. The zero-order valence-corrected chi connectivity index (χ0v) is 8.32. The fourth-order valence-electron chi connectivity index (χ4n) is 2.60. The van der Waals surface area contributed by atoms with Crippen molar-refractivity contribution in [2.24, 2.45) is 5.92 Å². The van der Waals surface area contributed by atoms with Gasteiger partial charge in [-0.2, -0.15) is 0 Å². The maximum atomic E-state index is 4.13. The summed E-state index contributed by atoms with van der Waals surface area (Å²) in [7, 11) is 0.